The van der Waals surface area contributed by atoms with E-state index in [1.54, 1.807) is 0 Å². The molecule has 1 aromatic rings. The maximum atomic E-state index is 12.0. The summed E-state index contributed by atoms with van der Waals surface area (Å²) in [6.45, 7) is 6.25. The zero-order chi connectivity index (χ0) is 13.5. The van der Waals surface area contributed by atoms with Gasteiger partial charge in [0.2, 0.25) is 5.91 Å². The number of carbonyl (C=O) groups is 1. The molecule has 4 heteroatoms. The van der Waals surface area contributed by atoms with Crippen molar-refractivity contribution in [3.8, 4) is 0 Å². The van der Waals surface area contributed by atoms with Crippen LogP contribution in [-0.4, -0.2) is 49.6 Å². The minimum absolute atomic E-state index is 0.0302. The van der Waals surface area contributed by atoms with Gasteiger partial charge < -0.3 is 10.6 Å². The number of amides is 1. The number of nitrogens with zero attached hydrogens (tertiary/aromatic N) is 1. The molecule has 1 unspecified atom stereocenters. The van der Waals surface area contributed by atoms with Crippen LogP contribution in [0, 0.1) is 0 Å². The van der Waals surface area contributed by atoms with Crippen molar-refractivity contribution in [3.63, 3.8) is 0 Å². The van der Waals surface area contributed by atoms with Gasteiger partial charge in [-0.3, -0.25) is 9.69 Å². The molecule has 1 aromatic carbocycles. The Morgan fingerprint density at radius 1 is 1.42 bits per heavy atom. The summed E-state index contributed by atoms with van der Waals surface area (Å²) in [5.41, 5.74) is 1.33. The van der Waals surface area contributed by atoms with Gasteiger partial charge in [0.25, 0.3) is 0 Å². The van der Waals surface area contributed by atoms with Gasteiger partial charge in [-0.1, -0.05) is 30.3 Å². The molecular weight excluding hydrogens is 238 g/mol. The van der Waals surface area contributed by atoms with Crippen LogP contribution >= 0.6 is 0 Å². The second kappa shape index (κ2) is 7.26. The zero-order valence-corrected chi connectivity index (χ0v) is 11.6. The van der Waals surface area contributed by atoms with Gasteiger partial charge in [-0.25, -0.2) is 0 Å². The predicted octanol–water partition coefficient (Wildman–Crippen LogP) is 0.639. The molecule has 1 aliphatic heterocycles. The molecule has 1 saturated heterocycles. The molecule has 0 bridgehead atoms. The van der Waals surface area contributed by atoms with Gasteiger partial charge in [0, 0.05) is 32.7 Å². The minimum atomic E-state index is -0.0302. The highest BCUT2D eigenvalue weighted by Gasteiger charge is 2.27. The monoisotopic (exact) mass is 261 g/mol. The average Bonchev–Trinajstić information content (AvgIpc) is 2.47. The lowest BCUT2D eigenvalue weighted by Crippen LogP contribution is -2.58. The number of hydrogen-bond acceptors (Lipinski definition) is 3. The van der Waals surface area contributed by atoms with Gasteiger partial charge in [-0.05, 0) is 18.9 Å². The van der Waals surface area contributed by atoms with Crippen LogP contribution in [0.5, 0.6) is 0 Å². The third-order valence-corrected chi connectivity index (χ3v) is 3.54. The SMILES string of the molecule is CCNC(=O)C1CNCCN1CCc1ccccc1. The van der Waals surface area contributed by atoms with E-state index >= 15 is 0 Å². The number of nitrogens with one attached hydrogen (secondary N) is 2. The van der Waals surface area contributed by atoms with E-state index in [-0.39, 0.29) is 11.9 Å². The lowest BCUT2D eigenvalue weighted by atomic mass is 10.1. The van der Waals surface area contributed by atoms with Gasteiger partial charge in [-0.15, -0.1) is 0 Å². The van der Waals surface area contributed by atoms with Crippen molar-refractivity contribution >= 4 is 5.91 Å². The fraction of sp³-hybridized carbons (Fsp3) is 0.533. The summed E-state index contributed by atoms with van der Waals surface area (Å²) in [6, 6.07) is 10.4. The van der Waals surface area contributed by atoms with Crippen molar-refractivity contribution in [3.05, 3.63) is 35.9 Å². The molecule has 1 fully saturated rings. The molecule has 1 atom stereocenters. The van der Waals surface area contributed by atoms with Crippen molar-refractivity contribution in [2.24, 2.45) is 0 Å². The maximum absolute atomic E-state index is 12.0. The first-order valence-corrected chi connectivity index (χ1v) is 7.07. The molecule has 1 aliphatic rings. The molecule has 4 nitrogen and oxygen atoms in total. The summed E-state index contributed by atoms with van der Waals surface area (Å²) in [5, 5.41) is 6.22. The Bertz CT molecular complexity index is 394. The topological polar surface area (TPSA) is 44.4 Å². The third kappa shape index (κ3) is 4.04. The number of carbonyl (C=O) groups excluding carboxylic acids is 1. The highest BCUT2D eigenvalue weighted by molar-refractivity contribution is 5.82. The van der Waals surface area contributed by atoms with E-state index in [1.165, 1.54) is 5.56 Å². The molecule has 0 saturated carbocycles. The van der Waals surface area contributed by atoms with E-state index < -0.39 is 0 Å². The number of benzene rings is 1. The van der Waals surface area contributed by atoms with Gasteiger partial charge in [0.15, 0.2) is 0 Å². The minimum Gasteiger partial charge on any atom is -0.355 e. The van der Waals surface area contributed by atoms with E-state index in [0.29, 0.717) is 6.54 Å². The van der Waals surface area contributed by atoms with Crippen LogP contribution in [0.1, 0.15) is 12.5 Å². The summed E-state index contributed by atoms with van der Waals surface area (Å²) < 4.78 is 0. The molecule has 1 heterocycles. The highest BCUT2D eigenvalue weighted by atomic mass is 16.2. The van der Waals surface area contributed by atoms with Crippen molar-refractivity contribution < 1.29 is 4.79 Å². The first kappa shape index (κ1) is 14.0. The van der Waals surface area contributed by atoms with Crippen molar-refractivity contribution in [1.29, 1.82) is 0 Å². The molecule has 2 rings (SSSR count). The fourth-order valence-electron chi connectivity index (χ4n) is 2.48. The van der Waals surface area contributed by atoms with E-state index in [0.717, 1.165) is 32.6 Å². The Labute approximate surface area is 115 Å². The molecule has 0 aliphatic carbocycles. The van der Waals surface area contributed by atoms with E-state index in [9.17, 15) is 4.79 Å². The van der Waals surface area contributed by atoms with Gasteiger partial charge in [0.1, 0.15) is 6.04 Å². The van der Waals surface area contributed by atoms with E-state index in [2.05, 4.69) is 39.8 Å². The predicted molar refractivity (Wildman–Crippen MR) is 77.1 cm³/mol. The van der Waals surface area contributed by atoms with E-state index in [1.807, 2.05) is 13.0 Å². The van der Waals surface area contributed by atoms with Crippen LogP contribution in [-0.2, 0) is 11.2 Å². The van der Waals surface area contributed by atoms with Gasteiger partial charge >= 0.3 is 0 Å². The summed E-state index contributed by atoms with van der Waals surface area (Å²) in [4.78, 5) is 14.3. The summed E-state index contributed by atoms with van der Waals surface area (Å²) >= 11 is 0. The first-order valence-electron chi connectivity index (χ1n) is 7.07. The van der Waals surface area contributed by atoms with E-state index in [4.69, 9.17) is 0 Å². The van der Waals surface area contributed by atoms with Crippen LogP contribution in [0.4, 0.5) is 0 Å². The number of hydrogen-bond donors (Lipinski definition) is 2. The Hall–Kier alpha value is -1.39. The normalized spacial score (nSPS) is 20.2. The standard InChI is InChI=1S/C15H23N3O/c1-2-17-15(19)14-12-16-9-11-18(14)10-8-13-6-4-3-5-7-13/h3-7,14,16H,2,8-12H2,1H3,(H,17,19). The van der Waals surface area contributed by atoms with Crippen molar-refractivity contribution in [1.82, 2.24) is 15.5 Å². The number of likely N-dealkylation sites (N-methyl/N-ethyl adjacent to an activating group) is 1. The van der Waals surface area contributed by atoms with Crippen molar-refractivity contribution in [2.75, 3.05) is 32.7 Å². The first-order chi connectivity index (χ1) is 9.31. The van der Waals surface area contributed by atoms with Crippen LogP contribution < -0.4 is 10.6 Å². The Morgan fingerprint density at radius 2 is 2.21 bits per heavy atom. The second-order valence-corrected chi connectivity index (χ2v) is 4.89. The Kier molecular flexibility index (Phi) is 5.36. The smallest absolute Gasteiger partial charge is 0.238 e. The lowest BCUT2D eigenvalue weighted by Gasteiger charge is -2.35. The second-order valence-electron chi connectivity index (χ2n) is 4.89. The summed E-state index contributed by atoms with van der Waals surface area (Å²) in [6.07, 6.45) is 0.997. The average molecular weight is 261 g/mol. The molecule has 0 radical (unpaired) electrons. The third-order valence-electron chi connectivity index (χ3n) is 3.54. The summed E-state index contributed by atoms with van der Waals surface area (Å²) in [5.74, 6) is 0.141. The molecule has 0 spiro atoms. The zero-order valence-electron chi connectivity index (χ0n) is 11.6. The van der Waals surface area contributed by atoms with Crippen LogP contribution in [0.15, 0.2) is 30.3 Å². The largest absolute Gasteiger partial charge is 0.355 e. The molecule has 104 valence electrons. The van der Waals surface area contributed by atoms with Gasteiger partial charge in [0.05, 0.1) is 0 Å². The molecule has 19 heavy (non-hydrogen) atoms. The molecule has 1 amide bonds. The Balaban J connectivity index is 1.90. The van der Waals surface area contributed by atoms with Crippen LogP contribution in [0.25, 0.3) is 0 Å². The number of rotatable bonds is 5. The Morgan fingerprint density at radius 3 is 2.95 bits per heavy atom. The highest BCUT2D eigenvalue weighted by Crippen LogP contribution is 2.07. The molecule has 2 N–H and O–H groups in total. The lowest BCUT2D eigenvalue weighted by molar-refractivity contribution is -0.126. The quantitative estimate of drug-likeness (QED) is 0.817. The molecular formula is C15H23N3O. The van der Waals surface area contributed by atoms with Crippen LogP contribution in [0.3, 0.4) is 0 Å². The van der Waals surface area contributed by atoms with Crippen molar-refractivity contribution in [2.45, 2.75) is 19.4 Å². The fourth-order valence-corrected chi connectivity index (χ4v) is 2.48. The number of piperazine rings is 1. The molecule has 0 aromatic heterocycles. The maximum Gasteiger partial charge on any atom is 0.238 e. The summed E-state index contributed by atoms with van der Waals surface area (Å²) in [7, 11) is 0. The van der Waals surface area contributed by atoms with Crippen LogP contribution in [0.2, 0.25) is 0 Å². The van der Waals surface area contributed by atoms with Gasteiger partial charge in [-0.2, -0.15) is 0 Å².